The highest BCUT2D eigenvalue weighted by Crippen LogP contribution is 2.21. The van der Waals surface area contributed by atoms with Gasteiger partial charge in [-0.2, -0.15) is 0 Å². The van der Waals surface area contributed by atoms with E-state index in [0.717, 1.165) is 17.9 Å². The normalized spacial score (nSPS) is 12.3. The number of hydrogen-bond donors (Lipinski definition) is 1. The average molecular weight is 245 g/mol. The SMILES string of the molecule is CCOc1ccc(C(Cc2ccco2)NC)cc1. The van der Waals surface area contributed by atoms with Crippen molar-refractivity contribution in [3.8, 4) is 5.75 Å². The van der Waals surface area contributed by atoms with Gasteiger partial charge in [-0.15, -0.1) is 0 Å². The Morgan fingerprint density at radius 1 is 1.22 bits per heavy atom. The Balaban J connectivity index is 2.07. The van der Waals surface area contributed by atoms with Gasteiger partial charge in [-0.3, -0.25) is 0 Å². The van der Waals surface area contributed by atoms with Crippen LogP contribution in [0.25, 0.3) is 0 Å². The average Bonchev–Trinajstić information content (AvgIpc) is 2.90. The summed E-state index contributed by atoms with van der Waals surface area (Å²) in [6, 6.07) is 12.4. The Labute approximate surface area is 108 Å². The molecule has 0 aliphatic carbocycles. The molecule has 3 nitrogen and oxygen atoms in total. The maximum absolute atomic E-state index is 5.44. The van der Waals surface area contributed by atoms with E-state index in [0.29, 0.717) is 6.61 Å². The molecule has 0 bridgehead atoms. The zero-order valence-corrected chi connectivity index (χ0v) is 10.8. The van der Waals surface area contributed by atoms with Crippen molar-refractivity contribution >= 4 is 0 Å². The minimum atomic E-state index is 0.256. The molecule has 0 amide bonds. The smallest absolute Gasteiger partial charge is 0.119 e. The molecule has 96 valence electrons. The number of hydrogen-bond acceptors (Lipinski definition) is 3. The van der Waals surface area contributed by atoms with Gasteiger partial charge in [0.25, 0.3) is 0 Å². The summed E-state index contributed by atoms with van der Waals surface area (Å²) in [4.78, 5) is 0. The van der Waals surface area contributed by atoms with Gasteiger partial charge in [-0.05, 0) is 43.8 Å². The van der Waals surface area contributed by atoms with Crippen LogP contribution < -0.4 is 10.1 Å². The van der Waals surface area contributed by atoms with E-state index < -0.39 is 0 Å². The van der Waals surface area contributed by atoms with Crippen LogP contribution in [-0.4, -0.2) is 13.7 Å². The van der Waals surface area contributed by atoms with Crippen molar-refractivity contribution in [2.75, 3.05) is 13.7 Å². The second-order valence-corrected chi connectivity index (χ2v) is 4.13. The second-order valence-electron chi connectivity index (χ2n) is 4.13. The van der Waals surface area contributed by atoms with Crippen molar-refractivity contribution in [3.63, 3.8) is 0 Å². The number of nitrogens with one attached hydrogen (secondary N) is 1. The van der Waals surface area contributed by atoms with E-state index in [4.69, 9.17) is 9.15 Å². The topological polar surface area (TPSA) is 34.4 Å². The monoisotopic (exact) mass is 245 g/mol. The molecule has 0 aliphatic rings. The number of benzene rings is 1. The molecule has 2 aromatic rings. The highest BCUT2D eigenvalue weighted by molar-refractivity contribution is 5.29. The lowest BCUT2D eigenvalue weighted by atomic mass is 10.0. The molecule has 0 fully saturated rings. The molecule has 3 heteroatoms. The molecular weight excluding hydrogens is 226 g/mol. The fourth-order valence-electron chi connectivity index (χ4n) is 1.98. The first-order chi connectivity index (χ1) is 8.83. The summed E-state index contributed by atoms with van der Waals surface area (Å²) >= 11 is 0. The summed E-state index contributed by atoms with van der Waals surface area (Å²) in [5.74, 6) is 1.90. The standard InChI is InChI=1S/C15H19NO2/c1-3-17-13-8-6-12(7-9-13)15(16-2)11-14-5-4-10-18-14/h4-10,15-16H,3,11H2,1-2H3. The molecule has 0 saturated carbocycles. The van der Waals surface area contributed by atoms with Crippen LogP contribution >= 0.6 is 0 Å². The van der Waals surface area contributed by atoms with Crippen molar-refractivity contribution in [2.24, 2.45) is 0 Å². The Bertz CT molecular complexity index is 448. The minimum absolute atomic E-state index is 0.256. The summed E-state index contributed by atoms with van der Waals surface area (Å²) in [6.45, 7) is 2.68. The molecule has 18 heavy (non-hydrogen) atoms. The van der Waals surface area contributed by atoms with Crippen LogP contribution in [0.5, 0.6) is 5.75 Å². The van der Waals surface area contributed by atoms with Gasteiger partial charge in [0, 0.05) is 12.5 Å². The fourth-order valence-corrected chi connectivity index (χ4v) is 1.98. The zero-order chi connectivity index (χ0) is 12.8. The third kappa shape index (κ3) is 3.14. The lowest BCUT2D eigenvalue weighted by Crippen LogP contribution is -2.18. The first-order valence-corrected chi connectivity index (χ1v) is 6.26. The van der Waals surface area contributed by atoms with E-state index >= 15 is 0 Å². The maximum Gasteiger partial charge on any atom is 0.119 e. The molecule has 0 radical (unpaired) electrons. The van der Waals surface area contributed by atoms with Gasteiger partial charge in [0.05, 0.1) is 12.9 Å². The van der Waals surface area contributed by atoms with E-state index in [1.165, 1.54) is 5.56 Å². The van der Waals surface area contributed by atoms with Gasteiger partial charge in [0.1, 0.15) is 11.5 Å². The first-order valence-electron chi connectivity index (χ1n) is 6.26. The van der Waals surface area contributed by atoms with Gasteiger partial charge in [0.2, 0.25) is 0 Å². The van der Waals surface area contributed by atoms with Crippen LogP contribution in [0.1, 0.15) is 24.3 Å². The fraction of sp³-hybridized carbons (Fsp3) is 0.333. The lowest BCUT2D eigenvalue weighted by molar-refractivity contribution is 0.340. The first kappa shape index (κ1) is 12.7. The molecule has 1 atom stereocenters. The van der Waals surface area contributed by atoms with Gasteiger partial charge < -0.3 is 14.5 Å². The number of furan rings is 1. The summed E-state index contributed by atoms with van der Waals surface area (Å²) in [6.07, 6.45) is 2.55. The van der Waals surface area contributed by atoms with E-state index in [1.54, 1.807) is 6.26 Å². The van der Waals surface area contributed by atoms with Crippen LogP contribution in [0.3, 0.4) is 0 Å². The summed E-state index contributed by atoms with van der Waals surface area (Å²) in [5, 5.41) is 3.31. The van der Waals surface area contributed by atoms with Gasteiger partial charge in [-0.1, -0.05) is 12.1 Å². The lowest BCUT2D eigenvalue weighted by Gasteiger charge is -2.15. The predicted octanol–water partition coefficient (Wildman–Crippen LogP) is 3.18. The Kier molecular flexibility index (Phi) is 4.42. The molecule has 2 rings (SSSR count). The van der Waals surface area contributed by atoms with Gasteiger partial charge >= 0.3 is 0 Å². The zero-order valence-electron chi connectivity index (χ0n) is 10.8. The largest absolute Gasteiger partial charge is 0.494 e. The van der Waals surface area contributed by atoms with Crippen molar-refractivity contribution in [3.05, 3.63) is 54.0 Å². The molecular formula is C15H19NO2. The summed E-state index contributed by atoms with van der Waals surface area (Å²) < 4.78 is 10.8. The molecule has 0 aliphatic heterocycles. The van der Waals surface area contributed by atoms with Crippen LogP contribution in [0, 0.1) is 0 Å². The predicted molar refractivity (Wildman–Crippen MR) is 71.8 cm³/mol. The molecule has 1 aromatic carbocycles. The van der Waals surface area contributed by atoms with E-state index in [-0.39, 0.29) is 6.04 Å². The van der Waals surface area contributed by atoms with Crippen molar-refractivity contribution in [1.82, 2.24) is 5.32 Å². The molecule has 0 spiro atoms. The molecule has 1 N–H and O–H groups in total. The Morgan fingerprint density at radius 2 is 2.00 bits per heavy atom. The molecule has 1 heterocycles. The third-order valence-corrected chi connectivity index (χ3v) is 2.93. The van der Waals surface area contributed by atoms with E-state index in [2.05, 4.69) is 17.4 Å². The van der Waals surface area contributed by atoms with Crippen molar-refractivity contribution < 1.29 is 9.15 Å². The van der Waals surface area contributed by atoms with Crippen molar-refractivity contribution in [2.45, 2.75) is 19.4 Å². The van der Waals surface area contributed by atoms with Gasteiger partial charge in [-0.25, -0.2) is 0 Å². The number of likely N-dealkylation sites (N-methyl/N-ethyl adjacent to an activating group) is 1. The summed E-state index contributed by atoms with van der Waals surface area (Å²) in [7, 11) is 1.96. The molecule has 1 aromatic heterocycles. The highest BCUT2D eigenvalue weighted by Gasteiger charge is 2.11. The van der Waals surface area contributed by atoms with Crippen LogP contribution in [0.2, 0.25) is 0 Å². The second kappa shape index (κ2) is 6.26. The van der Waals surface area contributed by atoms with Crippen molar-refractivity contribution in [1.29, 1.82) is 0 Å². The quantitative estimate of drug-likeness (QED) is 0.848. The summed E-state index contributed by atoms with van der Waals surface area (Å²) in [5.41, 5.74) is 1.23. The third-order valence-electron chi connectivity index (χ3n) is 2.93. The highest BCUT2D eigenvalue weighted by atomic mass is 16.5. The van der Waals surface area contributed by atoms with Crippen LogP contribution in [0.4, 0.5) is 0 Å². The Hall–Kier alpha value is -1.74. The minimum Gasteiger partial charge on any atom is -0.494 e. The van der Waals surface area contributed by atoms with E-state index in [9.17, 15) is 0 Å². The molecule has 1 unspecified atom stereocenters. The number of ether oxygens (including phenoxy) is 1. The van der Waals surface area contributed by atoms with Crippen LogP contribution in [-0.2, 0) is 6.42 Å². The van der Waals surface area contributed by atoms with Crippen LogP contribution in [0.15, 0.2) is 47.1 Å². The molecule has 0 saturated heterocycles. The van der Waals surface area contributed by atoms with Gasteiger partial charge in [0.15, 0.2) is 0 Å². The Morgan fingerprint density at radius 3 is 2.56 bits per heavy atom. The number of rotatable bonds is 6. The van der Waals surface area contributed by atoms with E-state index in [1.807, 2.05) is 38.2 Å². The maximum atomic E-state index is 5.44.